The molecule has 0 saturated heterocycles. The summed E-state index contributed by atoms with van der Waals surface area (Å²) in [7, 11) is 0. The van der Waals surface area contributed by atoms with Crippen LogP contribution in [0.3, 0.4) is 0 Å². The SMILES string of the molecule is CC(C)CNCc1ccncc1OCCC1CCC1. The molecule has 0 aliphatic heterocycles. The largest absolute Gasteiger partial charge is 0.492 e. The van der Waals surface area contributed by atoms with Crippen molar-refractivity contribution in [1.82, 2.24) is 10.3 Å². The molecular weight excluding hydrogens is 236 g/mol. The van der Waals surface area contributed by atoms with Crippen molar-refractivity contribution in [3.63, 3.8) is 0 Å². The first-order valence-electron chi connectivity index (χ1n) is 7.52. The minimum atomic E-state index is 0.671. The molecule has 3 heteroatoms. The Labute approximate surface area is 116 Å². The lowest BCUT2D eigenvalue weighted by molar-refractivity contribution is 0.220. The van der Waals surface area contributed by atoms with Crippen LogP contribution in [0.4, 0.5) is 0 Å². The van der Waals surface area contributed by atoms with Crippen molar-refractivity contribution in [1.29, 1.82) is 0 Å². The van der Waals surface area contributed by atoms with E-state index in [0.717, 1.165) is 31.4 Å². The summed E-state index contributed by atoms with van der Waals surface area (Å²) in [5, 5.41) is 3.46. The maximum absolute atomic E-state index is 5.90. The van der Waals surface area contributed by atoms with E-state index in [1.54, 1.807) is 0 Å². The molecule has 1 aromatic rings. The van der Waals surface area contributed by atoms with Gasteiger partial charge in [0.2, 0.25) is 0 Å². The van der Waals surface area contributed by atoms with Gasteiger partial charge in [0.25, 0.3) is 0 Å². The molecule has 0 amide bonds. The second kappa shape index (κ2) is 7.49. The molecule has 0 atom stereocenters. The predicted octanol–water partition coefficient (Wildman–Crippen LogP) is 3.40. The number of rotatable bonds is 8. The number of nitrogens with one attached hydrogen (secondary N) is 1. The van der Waals surface area contributed by atoms with Gasteiger partial charge in [0.1, 0.15) is 5.75 Å². The third-order valence-corrected chi connectivity index (χ3v) is 3.75. The second-order valence-electron chi connectivity index (χ2n) is 5.94. The van der Waals surface area contributed by atoms with Gasteiger partial charge in [-0.1, -0.05) is 33.1 Å². The molecule has 3 nitrogen and oxygen atoms in total. The van der Waals surface area contributed by atoms with E-state index >= 15 is 0 Å². The van der Waals surface area contributed by atoms with E-state index < -0.39 is 0 Å². The van der Waals surface area contributed by atoms with E-state index in [2.05, 4.69) is 24.1 Å². The molecule has 1 aliphatic rings. The zero-order chi connectivity index (χ0) is 13.5. The van der Waals surface area contributed by atoms with E-state index in [4.69, 9.17) is 4.74 Å². The number of ether oxygens (including phenoxy) is 1. The molecule has 1 fully saturated rings. The van der Waals surface area contributed by atoms with Crippen LogP contribution >= 0.6 is 0 Å². The quantitative estimate of drug-likeness (QED) is 0.779. The summed E-state index contributed by atoms with van der Waals surface area (Å²) in [5.41, 5.74) is 1.21. The highest BCUT2D eigenvalue weighted by Crippen LogP contribution is 2.29. The van der Waals surface area contributed by atoms with Gasteiger partial charge in [-0.05, 0) is 30.9 Å². The van der Waals surface area contributed by atoms with Crippen LogP contribution in [0.5, 0.6) is 5.75 Å². The second-order valence-corrected chi connectivity index (χ2v) is 5.94. The molecule has 1 aliphatic carbocycles. The minimum Gasteiger partial charge on any atom is -0.492 e. The molecule has 2 rings (SSSR count). The van der Waals surface area contributed by atoms with E-state index in [1.807, 2.05) is 18.5 Å². The average molecular weight is 262 g/mol. The van der Waals surface area contributed by atoms with Crippen molar-refractivity contribution in [3.8, 4) is 5.75 Å². The Kier molecular flexibility index (Phi) is 5.64. The molecule has 0 radical (unpaired) electrons. The summed E-state index contributed by atoms with van der Waals surface area (Å²) in [6.45, 7) is 7.15. The van der Waals surface area contributed by atoms with Gasteiger partial charge in [0.15, 0.2) is 0 Å². The lowest BCUT2D eigenvalue weighted by atomic mass is 9.83. The summed E-state index contributed by atoms with van der Waals surface area (Å²) in [6, 6.07) is 2.05. The van der Waals surface area contributed by atoms with Gasteiger partial charge in [-0.25, -0.2) is 0 Å². The first kappa shape index (κ1) is 14.3. The number of hydrogen-bond acceptors (Lipinski definition) is 3. The van der Waals surface area contributed by atoms with Crippen molar-refractivity contribution in [2.24, 2.45) is 11.8 Å². The molecular formula is C16H26N2O. The van der Waals surface area contributed by atoms with E-state index in [1.165, 1.54) is 31.2 Å². The van der Waals surface area contributed by atoms with Crippen molar-refractivity contribution in [3.05, 3.63) is 24.0 Å². The number of pyridine rings is 1. The highest BCUT2D eigenvalue weighted by atomic mass is 16.5. The normalized spacial score (nSPS) is 15.5. The first-order chi connectivity index (χ1) is 9.25. The highest BCUT2D eigenvalue weighted by molar-refractivity contribution is 5.29. The summed E-state index contributed by atoms with van der Waals surface area (Å²) in [4.78, 5) is 4.17. The molecule has 0 unspecified atom stereocenters. The van der Waals surface area contributed by atoms with E-state index in [0.29, 0.717) is 5.92 Å². The Morgan fingerprint density at radius 2 is 2.26 bits per heavy atom. The summed E-state index contributed by atoms with van der Waals surface area (Å²) in [5.74, 6) is 2.52. The molecule has 0 spiro atoms. The Balaban J connectivity index is 1.77. The van der Waals surface area contributed by atoms with Gasteiger partial charge in [-0.3, -0.25) is 4.98 Å². The van der Waals surface area contributed by atoms with Gasteiger partial charge in [-0.15, -0.1) is 0 Å². The number of hydrogen-bond donors (Lipinski definition) is 1. The molecule has 1 saturated carbocycles. The standard InChI is InChI=1S/C16H26N2O/c1-13(2)10-18-11-15-6-8-17-12-16(15)19-9-7-14-4-3-5-14/h6,8,12-14,18H,3-5,7,9-11H2,1-2H3. The Bertz CT molecular complexity index is 375. The topological polar surface area (TPSA) is 34.2 Å². The average Bonchev–Trinajstić information content (AvgIpc) is 2.33. The van der Waals surface area contributed by atoms with Crippen LogP contribution in [0.2, 0.25) is 0 Å². The van der Waals surface area contributed by atoms with Gasteiger partial charge >= 0.3 is 0 Å². The zero-order valence-corrected chi connectivity index (χ0v) is 12.2. The van der Waals surface area contributed by atoms with Crippen LogP contribution in [0.1, 0.15) is 45.1 Å². The minimum absolute atomic E-state index is 0.671. The fraction of sp³-hybridized carbons (Fsp3) is 0.688. The lowest BCUT2D eigenvalue weighted by Crippen LogP contribution is -2.20. The zero-order valence-electron chi connectivity index (χ0n) is 12.2. The highest BCUT2D eigenvalue weighted by Gasteiger charge is 2.17. The third-order valence-electron chi connectivity index (χ3n) is 3.75. The first-order valence-corrected chi connectivity index (χ1v) is 7.52. The molecule has 1 heterocycles. The summed E-state index contributed by atoms with van der Waals surface area (Å²) in [6.07, 6.45) is 9.05. The van der Waals surface area contributed by atoms with E-state index in [-0.39, 0.29) is 0 Å². The van der Waals surface area contributed by atoms with Crippen LogP contribution in [0.25, 0.3) is 0 Å². The molecule has 0 aromatic carbocycles. The van der Waals surface area contributed by atoms with Gasteiger partial charge < -0.3 is 10.1 Å². The van der Waals surface area contributed by atoms with Crippen LogP contribution in [-0.4, -0.2) is 18.1 Å². The Morgan fingerprint density at radius 1 is 1.42 bits per heavy atom. The molecule has 1 N–H and O–H groups in total. The maximum atomic E-state index is 5.90. The van der Waals surface area contributed by atoms with Crippen LogP contribution in [0, 0.1) is 11.8 Å². The fourth-order valence-corrected chi connectivity index (χ4v) is 2.30. The van der Waals surface area contributed by atoms with Crippen molar-refractivity contribution < 1.29 is 4.74 Å². The van der Waals surface area contributed by atoms with Gasteiger partial charge in [-0.2, -0.15) is 0 Å². The molecule has 0 bridgehead atoms. The molecule has 1 aromatic heterocycles. The maximum Gasteiger partial charge on any atom is 0.142 e. The number of aromatic nitrogens is 1. The van der Waals surface area contributed by atoms with Crippen molar-refractivity contribution in [2.45, 2.75) is 46.1 Å². The molecule has 19 heavy (non-hydrogen) atoms. The monoisotopic (exact) mass is 262 g/mol. The summed E-state index contributed by atoms with van der Waals surface area (Å²) < 4.78 is 5.90. The Hall–Kier alpha value is -1.09. The smallest absolute Gasteiger partial charge is 0.142 e. The predicted molar refractivity (Wildman–Crippen MR) is 78.2 cm³/mol. The number of nitrogens with zero attached hydrogens (tertiary/aromatic N) is 1. The van der Waals surface area contributed by atoms with Gasteiger partial charge in [0, 0.05) is 18.3 Å². The summed E-state index contributed by atoms with van der Waals surface area (Å²) >= 11 is 0. The van der Waals surface area contributed by atoms with Crippen LogP contribution in [-0.2, 0) is 6.54 Å². The van der Waals surface area contributed by atoms with E-state index in [9.17, 15) is 0 Å². The Morgan fingerprint density at radius 3 is 2.95 bits per heavy atom. The fourth-order valence-electron chi connectivity index (χ4n) is 2.30. The molecule has 106 valence electrons. The van der Waals surface area contributed by atoms with Crippen molar-refractivity contribution >= 4 is 0 Å². The van der Waals surface area contributed by atoms with Crippen LogP contribution < -0.4 is 10.1 Å². The lowest BCUT2D eigenvalue weighted by Gasteiger charge is -2.25. The van der Waals surface area contributed by atoms with Crippen molar-refractivity contribution in [2.75, 3.05) is 13.2 Å². The van der Waals surface area contributed by atoms with Crippen LogP contribution in [0.15, 0.2) is 18.5 Å². The van der Waals surface area contributed by atoms with Gasteiger partial charge in [0.05, 0.1) is 12.8 Å². The third kappa shape index (κ3) is 4.83.